The van der Waals surface area contributed by atoms with Gasteiger partial charge in [-0.2, -0.15) is 0 Å². The Balaban J connectivity index is 0.00000320. The van der Waals surface area contributed by atoms with Crippen molar-refractivity contribution in [2.75, 3.05) is 19.6 Å². The molecule has 0 aliphatic heterocycles. The molecule has 1 heterocycles. The quantitative estimate of drug-likeness (QED) is 0.497. The summed E-state index contributed by atoms with van der Waals surface area (Å²) in [5, 5.41) is 13.4. The number of thiophene rings is 1. The van der Waals surface area contributed by atoms with Crippen LogP contribution in [0, 0.1) is 11.8 Å². The van der Waals surface area contributed by atoms with Crippen LogP contribution in [-0.2, 0) is 15.1 Å². The highest BCUT2D eigenvalue weighted by atomic mass is 35.5. The third kappa shape index (κ3) is 5.25. The van der Waals surface area contributed by atoms with E-state index < -0.39 is 17.2 Å². The summed E-state index contributed by atoms with van der Waals surface area (Å²) in [7, 11) is 0. The highest BCUT2D eigenvalue weighted by molar-refractivity contribution is 7.10. The highest BCUT2D eigenvalue weighted by Gasteiger charge is 2.47. The molecule has 162 valence electrons. The van der Waals surface area contributed by atoms with Gasteiger partial charge in [-0.3, -0.25) is 4.90 Å². The van der Waals surface area contributed by atoms with Crippen LogP contribution in [0.2, 0.25) is 0 Å². The Morgan fingerprint density at radius 3 is 2.40 bits per heavy atom. The van der Waals surface area contributed by atoms with Crippen LogP contribution in [0.3, 0.4) is 0 Å². The van der Waals surface area contributed by atoms with Crippen LogP contribution in [0.1, 0.15) is 50.0 Å². The van der Waals surface area contributed by atoms with Crippen molar-refractivity contribution in [2.45, 2.75) is 50.7 Å². The molecule has 1 aromatic carbocycles. The number of carbonyl (C=O) groups is 1. The number of ether oxygens (including phenoxy) is 1. The number of hydrogen-bond acceptors (Lipinski definition) is 5. The van der Waals surface area contributed by atoms with E-state index in [-0.39, 0.29) is 12.4 Å². The molecule has 4 nitrogen and oxygen atoms in total. The predicted octanol–water partition coefficient (Wildman–Crippen LogP) is 4.61. The van der Waals surface area contributed by atoms with Gasteiger partial charge in [0.1, 0.15) is 0 Å². The van der Waals surface area contributed by atoms with E-state index in [4.69, 9.17) is 4.74 Å². The summed E-state index contributed by atoms with van der Waals surface area (Å²) >= 11 is 1.34. The molecule has 30 heavy (non-hydrogen) atoms. The molecule has 3 rings (SSSR count). The van der Waals surface area contributed by atoms with E-state index >= 15 is 0 Å². The maximum Gasteiger partial charge on any atom is 0.350 e. The summed E-state index contributed by atoms with van der Waals surface area (Å²) in [4.78, 5) is 16.2. The summed E-state index contributed by atoms with van der Waals surface area (Å²) < 4.78 is 6.02. The lowest BCUT2D eigenvalue weighted by Gasteiger charge is -2.31. The number of halogens is 1. The zero-order valence-electron chi connectivity index (χ0n) is 17.6. The number of benzene rings is 1. The molecule has 1 N–H and O–H groups in total. The van der Waals surface area contributed by atoms with Crippen LogP contribution in [0.5, 0.6) is 0 Å². The van der Waals surface area contributed by atoms with Crippen LogP contribution in [0.25, 0.3) is 0 Å². The average Bonchev–Trinajstić information content (AvgIpc) is 3.44. The standard InChI is InChI=1S/C24H29NO3S.ClH/c1-3-25(4-2)18-11-17-23(15-8-9-16-23)28-22(26)24(27,21-14-10-19-29-21)20-12-6-5-7-13-20;/h5-7,10,12-14,19,27H,3-4,8-9,15-16,18H2,1-2H3;1H. The van der Waals surface area contributed by atoms with Gasteiger partial charge in [-0.05, 0) is 50.2 Å². The number of hydrogen-bond donors (Lipinski definition) is 1. The summed E-state index contributed by atoms with van der Waals surface area (Å²) in [6.45, 7) is 6.74. The van der Waals surface area contributed by atoms with Crippen molar-refractivity contribution in [3.8, 4) is 11.8 Å². The van der Waals surface area contributed by atoms with Gasteiger partial charge in [0.2, 0.25) is 5.60 Å². The Bertz CT molecular complexity index is 850. The largest absolute Gasteiger partial charge is 0.443 e. The Morgan fingerprint density at radius 2 is 1.83 bits per heavy atom. The minimum absolute atomic E-state index is 0. The third-order valence-electron chi connectivity index (χ3n) is 5.58. The normalized spacial score (nSPS) is 16.8. The summed E-state index contributed by atoms with van der Waals surface area (Å²) in [6.07, 6.45) is 3.35. The second-order valence-corrected chi connectivity index (χ2v) is 8.36. The molecule has 1 aromatic heterocycles. The van der Waals surface area contributed by atoms with Gasteiger partial charge in [-0.15, -0.1) is 23.7 Å². The van der Waals surface area contributed by atoms with Gasteiger partial charge >= 0.3 is 5.97 Å². The van der Waals surface area contributed by atoms with E-state index in [9.17, 15) is 9.90 Å². The average molecular weight is 448 g/mol. The van der Waals surface area contributed by atoms with E-state index in [1.807, 2.05) is 29.6 Å². The van der Waals surface area contributed by atoms with Crippen LogP contribution in [-0.4, -0.2) is 41.2 Å². The molecule has 0 amide bonds. The Morgan fingerprint density at radius 1 is 1.17 bits per heavy atom. The smallest absolute Gasteiger partial charge is 0.350 e. The zero-order chi connectivity index (χ0) is 20.7. The number of rotatable bonds is 7. The molecule has 6 heteroatoms. The molecule has 2 aromatic rings. The molecule has 0 bridgehead atoms. The van der Waals surface area contributed by atoms with E-state index in [1.54, 1.807) is 18.2 Å². The Kier molecular flexibility index (Phi) is 8.93. The zero-order valence-corrected chi connectivity index (χ0v) is 19.2. The lowest BCUT2D eigenvalue weighted by molar-refractivity contribution is -0.172. The summed E-state index contributed by atoms with van der Waals surface area (Å²) in [5.74, 6) is 5.82. The first-order chi connectivity index (χ1) is 14.0. The maximum absolute atomic E-state index is 13.4. The van der Waals surface area contributed by atoms with Gasteiger partial charge in [0.15, 0.2) is 5.60 Å². The first-order valence-electron chi connectivity index (χ1n) is 10.3. The van der Waals surface area contributed by atoms with Gasteiger partial charge in [0.25, 0.3) is 0 Å². The Labute approximate surface area is 189 Å². The summed E-state index contributed by atoms with van der Waals surface area (Å²) in [6, 6.07) is 12.6. The lowest BCUT2D eigenvalue weighted by Crippen LogP contribution is -2.43. The van der Waals surface area contributed by atoms with Gasteiger partial charge in [-0.25, -0.2) is 4.79 Å². The lowest BCUT2D eigenvalue weighted by atomic mass is 9.91. The predicted molar refractivity (Wildman–Crippen MR) is 124 cm³/mol. The highest BCUT2D eigenvalue weighted by Crippen LogP contribution is 2.39. The molecule has 1 aliphatic carbocycles. The molecular formula is C24H30ClNO3S. The van der Waals surface area contributed by atoms with Crippen molar-refractivity contribution >= 4 is 29.7 Å². The van der Waals surface area contributed by atoms with Crippen LogP contribution < -0.4 is 0 Å². The fraction of sp³-hybridized carbons (Fsp3) is 0.458. The molecule has 1 aliphatic rings. The monoisotopic (exact) mass is 447 g/mol. The van der Waals surface area contributed by atoms with Crippen molar-refractivity contribution in [2.24, 2.45) is 0 Å². The van der Waals surface area contributed by atoms with Crippen molar-refractivity contribution in [1.29, 1.82) is 0 Å². The van der Waals surface area contributed by atoms with Gasteiger partial charge in [-0.1, -0.05) is 62.1 Å². The minimum atomic E-state index is -1.83. The number of aliphatic hydroxyl groups is 1. The SMILES string of the molecule is CCN(CC)CC#CC1(OC(=O)C(O)(c2ccccc2)c2cccs2)CCCC1.Cl. The first-order valence-corrected chi connectivity index (χ1v) is 11.2. The van der Waals surface area contributed by atoms with Crippen molar-refractivity contribution in [1.82, 2.24) is 4.90 Å². The molecule has 1 saturated carbocycles. The molecule has 1 unspecified atom stereocenters. The number of nitrogens with zero attached hydrogens (tertiary/aromatic N) is 1. The molecular weight excluding hydrogens is 418 g/mol. The molecule has 0 radical (unpaired) electrons. The van der Waals surface area contributed by atoms with Crippen molar-refractivity contribution in [3.63, 3.8) is 0 Å². The fourth-order valence-corrected chi connectivity index (χ4v) is 4.57. The van der Waals surface area contributed by atoms with Crippen LogP contribution in [0.4, 0.5) is 0 Å². The molecule has 0 spiro atoms. The van der Waals surface area contributed by atoms with E-state index in [0.717, 1.165) is 25.9 Å². The van der Waals surface area contributed by atoms with E-state index in [2.05, 4.69) is 30.6 Å². The second kappa shape index (κ2) is 11.0. The topological polar surface area (TPSA) is 49.8 Å². The maximum atomic E-state index is 13.4. The second-order valence-electron chi connectivity index (χ2n) is 7.41. The molecule has 0 saturated heterocycles. The number of esters is 1. The van der Waals surface area contributed by atoms with Crippen LogP contribution >= 0.6 is 23.7 Å². The van der Waals surface area contributed by atoms with E-state index in [1.165, 1.54) is 11.3 Å². The van der Waals surface area contributed by atoms with Crippen molar-refractivity contribution in [3.05, 3.63) is 58.3 Å². The molecule has 1 atom stereocenters. The van der Waals surface area contributed by atoms with Crippen molar-refractivity contribution < 1.29 is 14.6 Å². The minimum Gasteiger partial charge on any atom is -0.443 e. The summed E-state index contributed by atoms with van der Waals surface area (Å²) in [5.41, 5.74) is -2.13. The third-order valence-corrected chi connectivity index (χ3v) is 6.56. The fourth-order valence-electron chi connectivity index (χ4n) is 3.73. The first kappa shape index (κ1) is 24.4. The van der Waals surface area contributed by atoms with Gasteiger partial charge < -0.3 is 9.84 Å². The van der Waals surface area contributed by atoms with Crippen LogP contribution in [0.15, 0.2) is 47.8 Å². The van der Waals surface area contributed by atoms with Gasteiger partial charge in [0, 0.05) is 5.56 Å². The molecule has 1 fully saturated rings. The van der Waals surface area contributed by atoms with E-state index in [0.29, 0.717) is 29.8 Å². The number of carbonyl (C=O) groups excluding carboxylic acids is 1. The van der Waals surface area contributed by atoms with Gasteiger partial charge in [0.05, 0.1) is 11.4 Å². The Hall–Kier alpha value is -1.84.